The second kappa shape index (κ2) is 12.0. The molecule has 3 rings (SSSR count). The number of carbonyl (C=O) groups excluding carboxylic acids is 2. The second-order valence-corrected chi connectivity index (χ2v) is 10.3. The number of halogens is 2. The van der Waals surface area contributed by atoms with E-state index in [4.69, 9.17) is 11.6 Å². The molecule has 0 aliphatic carbocycles. The van der Waals surface area contributed by atoms with Crippen LogP contribution in [0.5, 0.6) is 0 Å². The van der Waals surface area contributed by atoms with Crippen molar-refractivity contribution >= 4 is 39.1 Å². The molecule has 7 nitrogen and oxygen atoms in total. The van der Waals surface area contributed by atoms with E-state index in [-0.39, 0.29) is 17.1 Å². The Morgan fingerprint density at radius 2 is 1.67 bits per heavy atom. The minimum atomic E-state index is -4.16. The van der Waals surface area contributed by atoms with Crippen LogP contribution in [0.3, 0.4) is 0 Å². The number of hydrogen-bond donors (Lipinski definition) is 1. The molecule has 0 saturated carbocycles. The van der Waals surface area contributed by atoms with Crippen LogP contribution >= 0.6 is 11.6 Å². The number of amides is 2. The lowest BCUT2D eigenvalue weighted by molar-refractivity contribution is -0.139. The highest BCUT2D eigenvalue weighted by Crippen LogP contribution is 2.26. The van der Waals surface area contributed by atoms with Gasteiger partial charge in [0, 0.05) is 18.1 Å². The van der Waals surface area contributed by atoms with Crippen molar-refractivity contribution in [3.05, 3.63) is 95.3 Å². The van der Waals surface area contributed by atoms with Gasteiger partial charge in [-0.05, 0) is 61.9 Å². The maximum absolute atomic E-state index is 13.6. The molecule has 0 aliphatic rings. The second-order valence-electron chi connectivity index (χ2n) is 8.02. The Labute approximate surface area is 215 Å². The first-order valence-corrected chi connectivity index (χ1v) is 13.1. The zero-order valence-corrected chi connectivity index (χ0v) is 21.5. The first kappa shape index (κ1) is 27.2. The lowest BCUT2D eigenvalue weighted by Crippen LogP contribution is -2.51. The van der Waals surface area contributed by atoms with Gasteiger partial charge >= 0.3 is 0 Å². The topological polar surface area (TPSA) is 86.8 Å². The monoisotopic (exact) mass is 531 g/mol. The van der Waals surface area contributed by atoms with Crippen LogP contribution in [0.4, 0.5) is 10.1 Å². The Hall–Kier alpha value is -3.43. The molecule has 0 unspecified atom stereocenters. The average Bonchev–Trinajstić information content (AvgIpc) is 2.87. The highest BCUT2D eigenvalue weighted by atomic mass is 35.5. The van der Waals surface area contributed by atoms with Gasteiger partial charge in [-0.25, -0.2) is 12.8 Å². The van der Waals surface area contributed by atoms with Crippen molar-refractivity contribution in [1.29, 1.82) is 0 Å². The Balaban J connectivity index is 2.01. The standard InChI is InChI=1S/C26H27ClFN3O4S/c1-3-29-26(33)19(2)30(17-20-12-14-22(28)15-13-20)25(32)18-31(23-9-7-8-21(27)16-23)36(34,35)24-10-5-4-6-11-24/h4-16,19H,3,17-18H2,1-2H3,(H,29,33)/t19-/m0/s1. The van der Waals surface area contributed by atoms with Crippen LogP contribution in [-0.2, 0) is 26.2 Å². The van der Waals surface area contributed by atoms with E-state index in [0.29, 0.717) is 17.1 Å². The fourth-order valence-corrected chi connectivity index (χ4v) is 5.18. The summed E-state index contributed by atoms with van der Waals surface area (Å²) in [5.74, 6) is -1.44. The van der Waals surface area contributed by atoms with Crippen LogP contribution in [0, 0.1) is 5.82 Å². The van der Waals surface area contributed by atoms with Gasteiger partial charge in [-0.2, -0.15) is 0 Å². The molecule has 3 aromatic carbocycles. The predicted octanol–water partition coefficient (Wildman–Crippen LogP) is 4.23. The van der Waals surface area contributed by atoms with Crippen molar-refractivity contribution in [3.63, 3.8) is 0 Å². The molecule has 0 heterocycles. The molecule has 36 heavy (non-hydrogen) atoms. The summed E-state index contributed by atoms with van der Waals surface area (Å²) in [6, 6.07) is 18.5. The van der Waals surface area contributed by atoms with Crippen LogP contribution in [0.1, 0.15) is 19.4 Å². The van der Waals surface area contributed by atoms with Crippen molar-refractivity contribution < 1.29 is 22.4 Å². The molecule has 1 atom stereocenters. The number of likely N-dealkylation sites (N-methyl/N-ethyl adjacent to an activating group) is 1. The summed E-state index contributed by atoms with van der Waals surface area (Å²) in [4.78, 5) is 27.6. The molecule has 0 aliphatic heterocycles. The van der Waals surface area contributed by atoms with Crippen molar-refractivity contribution in [2.24, 2.45) is 0 Å². The third kappa shape index (κ3) is 6.61. The quantitative estimate of drug-likeness (QED) is 0.424. The maximum atomic E-state index is 13.6. The van der Waals surface area contributed by atoms with Gasteiger partial charge in [0.25, 0.3) is 10.0 Å². The van der Waals surface area contributed by atoms with E-state index in [9.17, 15) is 22.4 Å². The number of sulfonamides is 1. The summed E-state index contributed by atoms with van der Waals surface area (Å²) >= 11 is 6.13. The minimum Gasteiger partial charge on any atom is -0.355 e. The van der Waals surface area contributed by atoms with Crippen LogP contribution in [0.2, 0.25) is 5.02 Å². The molecule has 0 radical (unpaired) electrons. The molecule has 1 N–H and O–H groups in total. The Morgan fingerprint density at radius 3 is 2.28 bits per heavy atom. The molecule has 3 aromatic rings. The molecule has 0 bridgehead atoms. The highest BCUT2D eigenvalue weighted by Gasteiger charge is 2.32. The number of anilines is 1. The van der Waals surface area contributed by atoms with Gasteiger partial charge in [0.1, 0.15) is 18.4 Å². The highest BCUT2D eigenvalue weighted by molar-refractivity contribution is 7.92. The largest absolute Gasteiger partial charge is 0.355 e. The van der Waals surface area contributed by atoms with Gasteiger partial charge in [-0.15, -0.1) is 0 Å². The maximum Gasteiger partial charge on any atom is 0.264 e. The van der Waals surface area contributed by atoms with Gasteiger partial charge in [0.05, 0.1) is 10.6 Å². The van der Waals surface area contributed by atoms with Crippen molar-refractivity contribution in [1.82, 2.24) is 10.2 Å². The lowest BCUT2D eigenvalue weighted by atomic mass is 10.1. The first-order valence-electron chi connectivity index (χ1n) is 11.3. The predicted molar refractivity (Wildman–Crippen MR) is 138 cm³/mol. The van der Waals surface area contributed by atoms with Crippen molar-refractivity contribution in [2.45, 2.75) is 31.3 Å². The summed E-state index contributed by atoms with van der Waals surface area (Å²) in [5, 5.41) is 2.98. The molecule has 10 heteroatoms. The van der Waals surface area contributed by atoms with E-state index in [1.165, 1.54) is 53.4 Å². The van der Waals surface area contributed by atoms with Crippen LogP contribution in [-0.4, -0.2) is 44.3 Å². The Morgan fingerprint density at radius 1 is 1.00 bits per heavy atom. The van der Waals surface area contributed by atoms with Crippen molar-refractivity contribution in [3.8, 4) is 0 Å². The smallest absolute Gasteiger partial charge is 0.264 e. The number of nitrogens with one attached hydrogen (secondary N) is 1. The summed E-state index contributed by atoms with van der Waals surface area (Å²) < 4.78 is 41.6. The first-order chi connectivity index (χ1) is 17.1. The van der Waals surface area contributed by atoms with Crippen LogP contribution in [0.15, 0.2) is 83.8 Å². The van der Waals surface area contributed by atoms with E-state index >= 15 is 0 Å². The van der Waals surface area contributed by atoms with Crippen molar-refractivity contribution in [2.75, 3.05) is 17.4 Å². The number of carbonyl (C=O) groups is 2. The summed E-state index contributed by atoms with van der Waals surface area (Å²) in [5.41, 5.74) is 0.785. The van der Waals surface area contributed by atoms with Crippen LogP contribution in [0.25, 0.3) is 0 Å². The lowest BCUT2D eigenvalue weighted by Gasteiger charge is -2.32. The molecule has 0 saturated heterocycles. The zero-order valence-electron chi connectivity index (χ0n) is 19.9. The SMILES string of the molecule is CCNC(=O)[C@H](C)N(Cc1ccc(F)cc1)C(=O)CN(c1cccc(Cl)c1)S(=O)(=O)c1ccccc1. The molecule has 0 spiro atoms. The number of rotatable bonds is 10. The van der Waals surface area contributed by atoms with Gasteiger partial charge < -0.3 is 10.2 Å². The molecule has 190 valence electrons. The summed E-state index contributed by atoms with van der Waals surface area (Å²) in [7, 11) is -4.16. The molecule has 2 amide bonds. The van der Waals surface area contributed by atoms with E-state index < -0.39 is 40.2 Å². The molecular weight excluding hydrogens is 505 g/mol. The van der Waals surface area contributed by atoms with Gasteiger partial charge in [-0.3, -0.25) is 13.9 Å². The van der Waals surface area contributed by atoms with E-state index in [1.807, 2.05) is 0 Å². The Bertz CT molecular complexity index is 1300. The fourth-order valence-electron chi connectivity index (χ4n) is 3.57. The third-order valence-electron chi connectivity index (χ3n) is 5.49. The molecular formula is C26H27ClFN3O4S. The normalized spacial score (nSPS) is 12.0. The van der Waals surface area contributed by atoms with E-state index in [2.05, 4.69) is 5.32 Å². The van der Waals surface area contributed by atoms with Gasteiger partial charge in [0.15, 0.2) is 0 Å². The third-order valence-corrected chi connectivity index (χ3v) is 7.51. The zero-order chi connectivity index (χ0) is 26.3. The molecule has 0 aromatic heterocycles. The fraction of sp³-hybridized carbons (Fsp3) is 0.231. The average molecular weight is 532 g/mol. The van der Waals surface area contributed by atoms with E-state index in [1.54, 1.807) is 44.2 Å². The van der Waals surface area contributed by atoms with E-state index in [0.717, 1.165) is 4.31 Å². The summed E-state index contributed by atoms with van der Waals surface area (Å²) in [6.07, 6.45) is 0. The summed E-state index contributed by atoms with van der Waals surface area (Å²) in [6.45, 7) is 3.07. The minimum absolute atomic E-state index is 0.000338. The Kier molecular flexibility index (Phi) is 9.06. The number of benzene rings is 3. The van der Waals surface area contributed by atoms with Gasteiger partial charge in [-0.1, -0.05) is 48.0 Å². The van der Waals surface area contributed by atoms with Crippen LogP contribution < -0.4 is 9.62 Å². The number of nitrogens with zero attached hydrogens (tertiary/aromatic N) is 2. The van der Waals surface area contributed by atoms with Gasteiger partial charge in [0.2, 0.25) is 11.8 Å². The molecule has 0 fully saturated rings. The number of hydrogen-bond acceptors (Lipinski definition) is 4.